The minimum absolute atomic E-state index is 0.0673. The molecule has 1 aromatic rings. The summed E-state index contributed by atoms with van der Waals surface area (Å²) in [4.78, 5) is 22.5. The Hall–Kier alpha value is -1.47. The van der Waals surface area contributed by atoms with E-state index in [-0.39, 0.29) is 11.6 Å². The number of nitrogens with one attached hydrogen (secondary N) is 2. The zero-order valence-corrected chi connectivity index (χ0v) is 12.0. The maximum absolute atomic E-state index is 12.1. The second-order valence-electron chi connectivity index (χ2n) is 4.74. The Labute approximate surface area is 118 Å². The highest BCUT2D eigenvalue weighted by atomic mass is 79.9. The Morgan fingerprint density at radius 2 is 2.32 bits per heavy atom. The van der Waals surface area contributed by atoms with Gasteiger partial charge in [-0.25, -0.2) is 0 Å². The lowest BCUT2D eigenvalue weighted by Crippen LogP contribution is -2.47. The molecule has 1 aliphatic rings. The van der Waals surface area contributed by atoms with Crippen molar-refractivity contribution < 1.29 is 9.72 Å². The number of hydrogen-bond acceptors (Lipinski definition) is 4. The first-order valence-electron chi connectivity index (χ1n) is 5.93. The van der Waals surface area contributed by atoms with E-state index in [1.54, 1.807) is 12.1 Å². The van der Waals surface area contributed by atoms with Crippen molar-refractivity contribution in [2.24, 2.45) is 0 Å². The van der Waals surface area contributed by atoms with Crippen LogP contribution < -0.4 is 10.6 Å². The lowest BCUT2D eigenvalue weighted by Gasteiger charge is -2.23. The molecule has 1 aliphatic heterocycles. The summed E-state index contributed by atoms with van der Waals surface area (Å²) in [6.07, 6.45) is 1.71. The van der Waals surface area contributed by atoms with Crippen LogP contribution in [-0.2, 0) is 4.79 Å². The summed E-state index contributed by atoms with van der Waals surface area (Å²) in [7, 11) is 0. The van der Waals surface area contributed by atoms with Gasteiger partial charge in [-0.2, -0.15) is 0 Å². The number of hydrogen-bond donors (Lipinski definition) is 2. The first-order chi connectivity index (χ1) is 8.92. The number of halogens is 1. The van der Waals surface area contributed by atoms with Gasteiger partial charge in [-0.3, -0.25) is 14.9 Å². The molecule has 0 aromatic heterocycles. The van der Waals surface area contributed by atoms with E-state index in [1.807, 2.05) is 6.92 Å². The topological polar surface area (TPSA) is 84.3 Å². The fourth-order valence-corrected chi connectivity index (χ4v) is 2.48. The molecule has 0 radical (unpaired) electrons. The van der Waals surface area contributed by atoms with Gasteiger partial charge in [0.15, 0.2) is 0 Å². The molecule has 2 N–H and O–H groups in total. The average Bonchev–Trinajstić information content (AvgIpc) is 2.79. The van der Waals surface area contributed by atoms with Gasteiger partial charge in [0, 0.05) is 11.8 Å². The SMILES string of the molecule is CC1(C(=O)Nc2ccc(Br)c([N+](=O)[O-])c2)CCCN1. The van der Waals surface area contributed by atoms with Crippen molar-refractivity contribution in [1.82, 2.24) is 5.32 Å². The molecule has 7 heteroatoms. The van der Waals surface area contributed by atoms with E-state index in [2.05, 4.69) is 26.6 Å². The number of nitro benzene ring substituents is 1. The highest BCUT2D eigenvalue weighted by molar-refractivity contribution is 9.10. The van der Waals surface area contributed by atoms with Crippen LogP contribution >= 0.6 is 15.9 Å². The van der Waals surface area contributed by atoms with Gasteiger partial charge in [0.05, 0.1) is 14.9 Å². The van der Waals surface area contributed by atoms with Crippen molar-refractivity contribution in [2.45, 2.75) is 25.3 Å². The first-order valence-corrected chi connectivity index (χ1v) is 6.72. The van der Waals surface area contributed by atoms with Crippen LogP contribution in [0.1, 0.15) is 19.8 Å². The van der Waals surface area contributed by atoms with Crippen LogP contribution in [0.15, 0.2) is 22.7 Å². The largest absolute Gasteiger partial charge is 0.324 e. The van der Waals surface area contributed by atoms with Crippen molar-refractivity contribution in [2.75, 3.05) is 11.9 Å². The number of amides is 1. The summed E-state index contributed by atoms with van der Waals surface area (Å²) >= 11 is 3.11. The van der Waals surface area contributed by atoms with Crippen molar-refractivity contribution in [3.63, 3.8) is 0 Å². The van der Waals surface area contributed by atoms with Crippen LogP contribution in [0.2, 0.25) is 0 Å². The van der Waals surface area contributed by atoms with E-state index in [1.165, 1.54) is 6.07 Å². The molecule has 102 valence electrons. The molecule has 0 saturated carbocycles. The van der Waals surface area contributed by atoms with Crippen LogP contribution in [0.3, 0.4) is 0 Å². The van der Waals surface area contributed by atoms with Crippen LogP contribution in [-0.4, -0.2) is 22.9 Å². The normalized spacial score (nSPS) is 22.2. The zero-order chi connectivity index (χ0) is 14.0. The van der Waals surface area contributed by atoms with Crippen LogP contribution in [0, 0.1) is 10.1 Å². The molecule has 0 bridgehead atoms. The molecular weight excluding hydrogens is 314 g/mol. The van der Waals surface area contributed by atoms with Crippen LogP contribution in [0.25, 0.3) is 0 Å². The van der Waals surface area contributed by atoms with Gasteiger partial charge in [0.25, 0.3) is 5.69 Å². The number of carbonyl (C=O) groups is 1. The maximum Gasteiger partial charge on any atom is 0.285 e. The summed E-state index contributed by atoms with van der Waals surface area (Å²) in [5.41, 5.74) is -0.237. The Morgan fingerprint density at radius 3 is 2.89 bits per heavy atom. The molecule has 1 fully saturated rings. The summed E-state index contributed by atoms with van der Waals surface area (Å²) in [6.45, 7) is 2.65. The summed E-state index contributed by atoms with van der Waals surface area (Å²) in [5, 5.41) is 16.7. The van der Waals surface area contributed by atoms with E-state index in [0.717, 1.165) is 19.4 Å². The van der Waals surface area contributed by atoms with Gasteiger partial charge >= 0.3 is 0 Å². The minimum Gasteiger partial charge on any atom is -0.324 e. The maximum atomic E-state index is 12.1. The molecule has 0 spiro atoms. The summed E-state index contributed by atoms with van der Waals surface area (Å²) in [5.74, 6) is -0.165. The second kappa shape index (κ2) is 5.26. The Balaban J connectivity index is 2.17. The lowest BCUT2D eigenvalue weighted by atomic mass is 9.99. The number of carbonyl (C=O) groups excluding carboxylic acids is 1. The zero-order valence-electron chi connectivity index (χ0n) is 10.4. The molecule has 6 nitrogen and oxygen atoms in total. The number of anilines is 1. The smallest absolute Gasteiger partial charge is 0.285 e. The van der Waals surface area contributed by atoms with Crippen LogP contribution in [0.5, 0.6) is 0 Å². The van der Waals surface area contributed by atoms with Gasteiger partial charge in [0.1, 0.15) is 0 Å². The van der Waals surface area contributed by atoms with Crippen molar-refractivity contribution >= 4 is 33.2 Å². The van der Waals surface area contributed by atoms with Gasteiger partial charge in [-0.1, -0.05) is 0 Å². The highest BCUT2D eigenvalue weighted by Crippen LogP contribution is 2.28. The number of nitrogens with zero attached hydrogens (tertiary/aromatic N) is 1. The van der Waals surface area contributed by atoms with Gasteiger partial charge < -0.3 is 10.6 Å². The Bertz CT molecular complexity index is 527. The third-order valence-corrected chi connectivity index (χ3v) is 3.94. The molecule has 1 unspecified atom stereocenters. The van der Waals surface area contributed by atoms with Crippen LogP contribution in [0.4, 0.5) is 11.4 Å². The number of rotatable bonds is 3. The average molecular weight is 328 g/mol. The van der Waals surface area contributed by atoms with Gasteiger partial charge in [-0.15, -0.1) is 0 Å². The van der Waals surface area contributed by atoms with Crippen molar-refractivity contribution in [1.29, 1.82) is 0 Å². The molecule has 1 heterocycles. The molecule has 19 heavy (non-hydrogen) atoms. The van der Waals surface area contributed by atoms with E-state index in [0.29, 0.717) is 10.2 Å². The lowest BCUT2D eigenvalue weighted by molar-refractivity contribution is -0.385. The highest BCUT2D eigenvalue weighted by Gasteiger charge is 2.35. The minimum atomic E-state index is -0.595. The van der Waals surface area contributed by atoms with E-state index in [9.17, 15) is 14.9 Å². The third kappa shape index (κ3) is 2.93. The molecular formula is C12H14BrN3O3. The Morgan fingerprint density at radius 1 is 1.58 bits per heavy atom. The van der Waals surface area contributed by atoms with E-state index >= 15 is 0 Å². The fraction of sp³-hybridized carbons (Fsp3) is 0.417. The van der Waals surface area contributed by atoms with Crippen molar-refractivity contribution in [3.8, 4) is 0 Å². The quantitative estimate of drug-likeness (QED) is 0.659. The monoisotopic (exact) mass is 327 g/mol. The molecule has 2 rings (SSSR count). The van der Waals surface area contributed by atoms with Gasteiger partial charge in [0.2, 0.25) is 5.91 Å². The number of nitro groups is 1. The van der Waals surface area contributed by atoms with E-state index in [4.69, 9.17) is 0 Å². The fourth-order valence-electron chi connectivity index (χ4n) is 2.09. The standard InChI is InChI=1S/C12H14BrN3O3/c1-12(5-2-6-14-12)11(17)15-8-3-4-9(13)10(7-8)16(18)19/h3-4,7,14H,2,5-6H2,1H3,(H,15,17). The molecule has 1 saturated heterocycles. The van der Waals surface area contributed by atoms with Crippen molar-refractivity contribution in [3.05, 3.63) is 32.8 Å². The predicted octanol–water partition coefficient (Wildman–Crippen LogP) is 2.44. The second-order valence-corrected chi connectivity index (χ2v) is 5.59. The third-order valence-electron chi connectivity index (χ3n) is 3.27. The van der Waals surface area contributed by atoms with E-state index < -0.39 is 10.5 Å². The summed E-state index contributed by atoms with van der Waals surface area (Å²) in [6, 6.07) is 4.53. The predicted molar refractivity (Wildman–Crippen MR) is 75.1 cm³/mol. The molecule has 1 amide bonds. The molecule has 1 atom stereocenters. The number of benzene rings is 1. The Kier molecular flexibility index (Phi) is 3.86. The molecule has 1 aromatic carbocycles. The summed E-state index contributed by atoms with van der Waals surface area (Å²) < 4.78 is 0.390. The first kappa shape index (κ1) is 14.0. The van der Waals surface area contributed by atoms with Gasteiger partial charge in [-0.05, 0) is 54.4 Å². The molecule has 0 aliphatic carbocycles.